The van der Waals surface area contributed by atoms with E-state index >= 15 is 0 Å². The third-order valence-electron chi connectivity index (χ3n) is 4.87. The van der Waals surface area contributed by atoms with Crippen LogP contribution in [0.4, 0.5) is 9.52 Å². The second-order valence-corrected chi connectivity index (χ2v) is 9.23. The molecular formula is C20H23FN4O2S2. The Labute approximate surface area is 176 Å². The van der Waals surface area contributed by atoms with Crippen molar-refractivity contribution in [2.45, 2.75) is 20.3 Å². The standard InChI is InChI=1S/C20H23FN4O2S2/c1-13-18(28-14(2)22-13)19(26)25(7-3-6-24-8-10-27-11-9-24)20-23-16-5-4-15(21)12-17(16)29-20/h4-5,12H,3,6-11H2,1-2H3. The summed E-state index contributed by atoms with van der Waals surface area (Å²) in [4.78, 5) is 27.1. The molecule has 9 heteroatoms. The number of hydrogen-bond donors (Lipinski definition) is 0. The van der Waals surface area contributed by atoms with Crippen molar-refractivity contribution in [2.75, 3.05) is 44.3 Å². The number of ether oxygens (including phenoxy) is 1. The molecule has 0 atom stereocenters. The maximum atomic E-state index is 13.6. The number of hydrogen-bond acceptors (Lipinski definition) is 7. The van der Waals surface area contributed by atoms with Gasteiger partial charge in [-0.1, -0.05) is 11.3 Å². The van der Waals surface area contributed by atoms with Gasteiger partial charge in [-0.25, -0.2) is 14.4 Å². The van der Waals surface area contributed by atoms with Gasteiger partial charge in [0, 0.05) is 26.2 Å². The summed E-state index contributed by atoms with van der Waals surface area (Å²) in [7, 11) is 0. The van der Waals surface area contributed by atoms with E-state index in [9.17, 15) is 9.18 Å². The molecule has 3 heterocycles. The van der Waals surface area contributed by atoms with E-state index in [1.807, 2.05) is 13.8 Å². The molecule has 1 fully saturated rings. The van der Waals surface area contributed by atoms with Gasteiger partial charge in [0.1, 0.15) is 10.7 Å². The summed E-state index contributed by atoms with van der Waals surface area (Å²) in [6.45, 7) is 8.55. The van der Waals surface area contributed by atoms with E-state index in [1.165, 1.54) is 34.8 Å². The van der Waals surface area contributed by atoms with Crippen LogP contribution in [0.3, 0.4) is 0 Å². The highest BCUT2D eigenvalue weighted by Crippen LogP contribution is 2.31. The summed E-state index contributed by atoms with van der Waals surface area (Å²) in [6, 6.07) is 4.52. The van der Waals surface area contributed by atoms with Crippen LogP contribution in [0.5, 0.6) is 0 Å². The van der Waals surface area contributed by atoms with E-state index in [1.54, 1.807) is 11.0 Å². The lowest BCUT2D eigenvalue weighted by Crippen LogP contribution is -2.39. The minimum Gasteiger partial charge on any atom is -0.379 e. The van der Waals surface area contributed by atoms with Gasteiger partial charge in [-0.3, -0.25) is 14.6 Å². The van der Waals surface area contributed by atoms with Crippen LogP contribution in [0.15, 0.2) is 18.2 Å². The van der Waals surface area contributed by atoms with Crippen LogP contribution in [-0.4, -0.2) is 60.2 Å². The fourth-order valence-corrected chi connectivity index (χ4v) is 5.30. The summed E-state index contributed by atoms with van der Waals surface area (Å²) < 4.78 is 19.8. The third-order valence-corrected chi connectivity index (χ3v) is 6.97. The lowest BCUT2D eigenvalue weighted by atomic mass is 10.3. The lowest BCUT2D eigenvalue weighted by molar-refractivity contribution is 0.0376. The molecular weight excluding hydrogens is 411 g/mol. The molecule has 0 unspecified atom stereocenters. The van der Waals surface area contributed by atoms with Crippen molar-refractivity contribution in [2.24, 2.45) is 0 Å². The van der Waals surface area contributed by atoms with Crippen LogP contribution in [0, 0.1) is 19.7 Å². The Balaban J connectivity index is 1.58. The molecule has 1 aliphatic rings. The number of aromatic nitrogens is 2. The number of amides is 1. The smallest absolute Gasteiger partial charge is 0.272 e. The number of aryl methyl sites for hydroxylation is 2. The molecule has 1 aromatic carbocycles. The molecule has 0 aliphatic carbocycles. The zero-order valence-corrected chi connectivity index (χ0v) is 18.1. The van der Waals surface area contributed by atoms with Crippen LogP contribution in [0.2, 0.25) is 0 Å². The largest absolute Gasteiger partial charge is 0.379 e. The van der Waals surface area contributed by atoms with Crippen LogP contribution in [0.1, 0.15) is 26.8 Å². The first-order valence-electron chi connectivity index (χ1n) is 9.63. The number of anilines is 1. The number of rotatable bonds is 6. The van der Waals surface area contributed by atoms with Crippen molar-refractivity contribution in [3.8, 4) is 0 Å². The van der Waals surface area contributed by atoms with Crippen LogP contribution < -0.4 is 4.90 Å². The Morgan fingerprint density at radius 1 is 1.24 bits per heavy atom. The topological polar surface area (TPSA) is 58.6 Å². The zero-order chi connectivity index (χ0) is 20.4. The summed E-state index contributed by atoms with van der Waals surface area (Å²) in [6.07, 6.45) is 0.826. The lowest BCUT2D eigenvalue weighted by Gasteiger charge is -2.27. The van der Waals surface area contributed by atoms with E-state index in [0.29, 0.717) is 22.1 Å². The number of thiazole rings is 2. The van der Waals surface area contributed by atoms with Crippen molar-refractivity contribution in [1.82, 2.24) is 14.9 Å². The van der Waals surface area contributed by atoms with Crippen LogP contribution in [-0.2, 0) is 4.74 Å². The maximum Gasteiger partial charge on any atom is 0.272 e. The van der Waals surface area contributed by atoms with Gasteiger partial charge in [0.2, 0.25) is 0 Å². The molecule has 29 heavy (non-hydrogen) atoms. The number of benzene rings is 1. The van der Waals surface area contributed by atoms with Crippen molar-refractivity contribution in [1.29, 1.82) is 0 Å². The number of carbonyl (C=O) groups is 1. The highest BCUT2D eigenvalue weighted by molar-refractivity contribution is 7.22. The van der Waals surface area contributed by atoms with E-state index in [2.05, 4.69) is 14.9 Å². The predicted octanol–water partition coefficient (Wildman–Crippen LogP) is 3.88. The molecule has 154 valence electrons. The number of fused-ring (bicyclic) bond motifs is 1. The summed E-state index contributed by atoms with van der Waals surface area (Å²) in [5, 5.41) is 1.47. The Kier molecular flexibility index (Phi) is 6.19. The van der Waals surface area contributed by atoms with Crippen molar-refractivity contribution >= 4 is 43.9 Å². The molecule has 1 amide bonds. The van der Waals surface area contributed by atoms with Crippen LogP contribution >= 0.6 is 22.7 Å². The van der Waals surface area contributed by atoms with E-state index in [4.69, 9.17) is 4.74 Å². The Hall–Kier alpha value is -1.94. The van der Waals surface area contributed by atoms with Gasteiger partial charge in [0.25, 0.3) is 5.91 Å². The first-order valence-corrected chi connectivity index (χ1v) is 11.3. The predicted molar refractivity (Wildman–Crippen MR) is 115 cm³/mol. The number of morpholine rings is 1. The van der Waals surface area contributed by atoms with Gasteiger partial charge in [0.15, 0.2) is 5.13 Å². The van der Waals surface area contributed by atoms with Gasteiger partial charge >= 0.3 is 0 Å². The first-order chi connectivity index (χ1) is 14.0. The van der Waals surface area contributed by atoms with E-state index < -0.39 is 0 Å². The van der Waals surface area contributed by atoms with E-state index in [0.717, 1.165) is 54.7 Å². The maximum absolute atomic E-state index is 13.6. The molecule has 3 aromatic rings. The minimum absolute atomic E-state index is 0.0883. The zero-order valence-electron chi connectivity index (χ0n) is 16.5. The molecule has 4 rings (SSSR count). The number of halogens is 1. The molecule has 6 nitrogen and oxygen atoms in total. The molecule has 0 bridgehead atoms. The summed E-state index contributed by atoms with van der Waals surface area (Å²) in [5.41, 5.74) is 1.44. The highest BCUT2D eigenvalue weighted by atomic mass is 32.1. The Bertz CT molecular complexity index is 1010. The summed E-state index contributed by atoms with van der Waals surface area (Å²) >= 11 is 2.75. The Morgan fingerprint density at radius 2 is 2.03 bits per heavy atom. The van der Waals surface area contributed by atoms with E-state index in [-0.39, 0.29) is 11.7 Å². The van der Waals surface area contributed by atoms with Crippen LogP contribution in [0.25, 0.3) is 10.2 Å². The monoisotopic (exact) mass is 434 g/mol. The first kappa shape index (κ1) is 20.3. The number of nitrogens with zero attached hydrogens (tertiary/aromatic N) is 4. The molecule has 0 spiro atoms. The SMILES string of the molecule is Cc1nc(C)c(C(=O)N(CCCN2CCOCC2)c2nc3ccc(F)cc3s2)s1. The van der Waals surface area contributed by atoms with Gasteiger partial charge in [-0.05, 0) is 38.5 Å². The fourth-order valence-electron chi connectivity index (χ4n) is 3.42. The highest BCUT2D eigenvalue weighted by Gasteiger charge is 2.25. The summed E-state index contributed by atoms with van der Waals surface area (Å²) in [5.74, 6) is -0.388. The molecule has 1 aliphatic heterocycles. The molecule has 0 N–H and O–H groups in total. The fraction of sp³-hybridized carbons (Fsp3) is 0.450. The molecule has 1 saturated heterocycles. The van der Waals surface area contributed by atoms with Crippen molar-refractivity contribution in [3.05, 3.63) is 39.6 Å². The average Bonchev–Trinajstić information content (AvgIpc) is 3.27. The second-order valence-electron chi connectivity index (χ2n) is 7.02. The average molecular weight is 435 g/mol. The molecule has 0 radical (unpaired) electrons. The number of carbonyl (C=O) groups excluding carboxylic acids is 1. The molecule has 2 aromatic heterocycles. The minimum atomic E-state index is -0.299. The van der Waals surface area contributed by atoms with Crippen molar-refractivity contribution in [3.63, 3.8) is 0 Å². The van der Waals surface area contributed by atoms with Gasteiger partial charge in [0.05, 0.1) is 34.1 Å². The molecule has 0 saturated carbocycles. The Morgan fingerprint density at radius 3 is 2.76 bits per heavy atom. The van der Waals surface area contributed by atoms with Crippen molar-refractivity contribution < 1.29 is 13.9 Å². The van der Waals surface area contributed by atoms with Gasteiger partial charge < -0.3 is 4.74 Å². The second kappa shape index (κ2) is 8.83. The quantitative estimate of drug-likeness (QED) is 0.589. The third kappa shape index (κ3) is 4.63. The normalized spacial score (nSPS) is 15.1. The van der Waals surface area contributed by atoms with Gasteiger partial charge in [-0.15, -0.1) is 11.3 Å². The van der Waals surface area contributed by atoms with Gasteiger partial charge in [-0.2, -0.15) is 0 Å².